The third-order valence-electron chi connectivity index (χ3n) is 0.333. The number of hydrogen-bond acceptors (Lipinski definition) is 3. The molecule has 0 rings (SSSR count). The molecule has 0 radical (unpaired) electrons. The zero-order valence-electron chi connectivity index (χ0n) is 3.47. The first kappa shape index (κ1) is 6.43. The summed E-state index contributed by atoms with van der Waals surface area (Å²) in [6.45, 7) is 0. The average Bonchev–Trinajstić information content (AvgIpc) is 1.68. The van der Waals surface area contributed by atoms with Crippen LogP contribution in [0.1, 0.15) is 0 Å². The minimum atomic E-state index is -0.399. The second-order valence-corrected chi connectivity index (χ2v) is 1.11. The van der Waals surface area contributed by atoms with Gasteiger partial charge in [0.2, 0.25) is 0 Å². The number of carbonyl (C=O) groups excluding carboxylic acids is 1. The molecule has 40 valence electrons. The van der Waals surface area contributed by atoms with Gasteiger partial charge in [-0.2, -0.15) is 0 Å². The zero-order valence-corrected chi connectivity index (χ0v) is 4.22. The van der Waals surface area contributed by atoms with Gasteiger partial charge in [0.15, 0.2) is 5.78 Å². The largest absolute Gasteiger partial charge is 0.411 e. The molecule has 0 spiro atoms. The molecule has 0 amide bonds. The highest BCUT2D eigenvalue weighted by Crippen LogP contribution is 1.72. The number of hydrogen-bond donors (Lipinski definition) is 1. The monoisotopic (exact) mass is 121 g/mol. The summed E-state index contributed by atoms with van der Waals surface area (Å²) in [7, 11) is 0. The van der Waals surface area contributed by atoms with E-state index in [0.29, 0.717) is 0 Å². The van der Waals surface area contributed by atoms with Crippen molar-refractivity contribution in [1.29, 1.82) is 0 Å². The number of carbonyl (C=O) groups is 1. The van der Waals surface area contributed by atoms with Crippen molar-refractivity contribution in [2.75, 3.05) is 5.88 Å². The Morgan fingerprint density at radius 3 is 2.71 bits per heavy atom. The Hall–Kier alpha value is -0.570. The summed E-state index contributed by atoms with van der Waals surface area (Å²) in [6.07, 6.45) is 0.757. The van der Waals surface area contributed by atoms with E-state index in [-0.39, 0.29) is 5.88 Å². The summed E-state index contributed by atoms with van der Waals surface area (Å²) in [5.74, 6) is -0.534. The number of Topliss-reactive ketones (excluding diaryl/α,β-unsaturated/α-hetero) is 1. The van der Waals surface area contributed by atoms with Crippen LogP contribution in [0.2, 0.25) is 0 Å². The molecule has 0 aliphatic heterocycles. The highest BCUT2D eigenvalue weighted by atomic mass is 35.5. The van der Waals surface area contributed by atoms with Crippen LogP contribution < -0.4 is 0 Å². The van der Waals surface area contributed by atoms with Crippen molar-refractivity contribution in [3.8, 4) is 0 Å². The lowest BCUT2D eigenvalue weighted by molar-refractivity contribution is -0.110. The molecule has 7 heavy (non-hydrogen) atoms. The lowest BCUT2D eigenvalue weighted by Gasteiger charge is -1.74. The van der Waals surface area contributed by atoms with E-state index in [1.54, 1.807) is 0 Å². The molecular formula is C3H4ClNO2. The van der Waals surface area contributed by atoms with Crippen LogP contribution in [0.15, 0.2) is 5.16 Å². The van der Waals surface area contributed by atoms with E-state index in [1.807, 2.05) is 0 Å². The highest BCUT2D eigenvalue weighted by molar-refractivity contribution is 6.41. The molecule has 0 aliphatic carbocycles. The predicted molar refractivity (Wildman–Crippen MR) is 26.0 cm³/mol. The van der Waals surface area contributed by atoms with Gasteiger partial charge in [0.05, 0.1) is 5.88 Å². The van der Waals surface area contributed by atoms with E-state index < -0.39 is 5.78 Å². The number of halogens is 1. The Balaban J connectivity index is 3.37. The summed E-state index contributed by atoms with van der Waals surface area (Å²) in [6, 6.07) is 0. The van der Waals surface area contributed by atoms with Crippen LogP contribution in [0.5, 0.6) is 0 Å². The van der Waals surface area contributed by atoms with Gasteiger partial charge in [0, 0.05) is 0 Å². The normalized spacial score (nSPS) is 9.86. The van der Waals surface area contributed by atoms with E-state index in [4.69, 9.17) is 16.8 Å². The molecule has 0 heterocycles. The first-order chi connectivity index (χ1) is 3.31. The van der Waals surface area contributed by atoms with Crippen molar-refractivity contribution in [1.82, 2.24) is 0 Å². The molecule has 1 N–H and O–H groups in total. The van der Waals surface area contributed by atoms with Crippen molar-refractivity contribution >= 4 is 23.6 Å². The number of ketones is 1. The van der Waals surface area contributed by atoms with Gasteiger partial charge in [0.25, 0.3) is 0 Å². The molecule has 0 fully saturated rings. The lowest BCUT2D eigenvalue weighted by Crippen LogP contribution is -1.98. The van der Waals surface area contributed by atoms with Crippen LogP contribution in [0.3, 0.4) is 0 Å². The number of rotatable bonds is 2. The van der Waals surface area contributed by atoms with E-state index in [9.17, 15) is 4.79 Å². The molecule has 0 unspecified atom stereocenters. The van der Waals surface area contributed by atoms with E-state index in [0.717, 1.165) is 6.21 Å². The summed E-state index contributed by atoms with van der Waals surface area (Å²) < 4.78 is 0. The first-order valence-corrected chi connectivity index (χ1v) is 2.11. The minimum absolute atomic E-state index is 0.135. The third-order valence-corrected chi connectivity index (χ3v) is 0.597. The molecule has 4 heteroatoms. The van der Waals surface area contributed by atoms with E-state index >= 15 is 0 Å². The fourth-order valence-corrected chi connectivity index (χ4v) is 0.168. The number of nitrogens with zero attached hydrogens (tertiary/aromatic N) is 1. The fraction of sp³-hybridized carbons (Fsp3) is 0.333. The molecule has 0 aromatic carbocycles. The molecule has 0 atom stereocenters. The molecule has 0 aliphatic rings. The van der Waals surface area contributed by atoms with E-state index in [1.165, 1.54) is 0 Å². The molecule has 0 aromatic heterocycles. The van der Waals surface area contributed by atoms with Gasteiger partial charge in [-0.15, -0.1) is 11.6 Å². The Bertz CT molecular complexity index is 90.9. The molecule has 3 nitrogen and oxygen atoms in total. The maximum absolute atomic E-state index is 9.97. The molecular weight excluding hydrogens is 117 g/mol. The van der Waals surface area contributed by atoms with Gasteiger partial charge in [-0.25, -0.2) is 0 Å². The minimum Gasteiger partial charge on any atom is -0.411 e. The summed E-state index contributed by atoms with van der Waals surface area (Å²) in [4.78, 5) is 9.97. The van der Waals surface area contributed by atoms with Gasteiger partial charge in [-0.3, -0.25) is 4.79 Å². The summed E-state index contributed by atoms with van der Waals surface area (Å²) in [5.41, 5.74) is 0. The summed E-state index contributed by atoms with van der Waals surface area (Å²) >= 11 is 4.98. The molecule has 0 bridgehead atoms. The van der Waals surface area contributed by atoms with Crippen molar-refractivity contribution in [3.05, 3.63) is 0 Å². The average molecular weight is 122 g/mol. The smallest absolute Gasteiger partial charge is 0.191 e. The van der Waals surface area contributed by atoms with Gasteiger partial charge in [-0.05, 0) is 0 Å². The Kier molecular flexibility index (Phi) is 3.32. The number of oxime groups is 1. The third kappa shape index (κ3) is 3.26. The van der Waals surface area contributed by atoms with Crippen molar-refractivity contribution in [2.45, 2.75) is 0 Å². The van der Waals surface area contributed by atoms with Crippen LogP contribution in [-0.2, 0) is 4.79 Å². The Morgan fingerprint density at radius 2 is 2.57 bits per heavy atom. The highest BCUT2D eigenvalue weighted by Gasteiger charge is 1.89. The van der Waals surface area contributed by atoms with Crippen molar-refractivity contribution in [2.24, 2.45) is 5.16 Å². The van der Waals surface area contributed by atoms with Crippen LogP contribution >= 0.6 is 11.6 Å². The Labute approximate surface area is 45.6 Å². The quantitative estimate of drug-likeness (QED) is 0.247. The molecule has 0 aromatic rings. The summed E-state index contributed by atoms with van der Waals surface area (Å²) in [5, 5.41) is 10.1. The second-order valence-electron chi connectivity index (χ2n) is 0.845. The van der Waals surface area contributed by atoms with Crippen molar-refractivity contribution in [3.63, 3.8) is 0 Å². The standard InChI is InChI=1S/C3H4ClNO2/c4-1-3(6)2-5-7/h2,7H,1H2/b5-2+. The molecule has 0 saturated carbocycles. The lowest BCUT2D eigenvalue weighted by atomic mass is 10.5. The van der Waals surface area contributed by atoms with Gasteiger partial charge in [-0.1, -0.05) is 5.16 Å². The maximum Gasteiger partial charge on any atom is 0.191 e. The molecule has 0 saturated heterocycles. The van der Waals surface area contributed by atoms with Gasteiger partial charge in [0.1, 0.15) is 6.21 Å². The van der Waals surface area contributed by atoms with Gasteiger partial charge >= 0.3 is 0 Å². The van der Waals surface area contributed by atoms with E-state index in [2.05, 4.69) is 5.16 Å². The van der Waals surface area contributed by atoms with Gasteiger partial charge < -0.3 is 5.21 Å². The Morgan fingerprint density at radius 1 is 2.00 bits per heavy atom. The first-order valence-electron chi connectivity index (χ1n) is 1.57. The zero-order chi connectivity index (χ0) is 5.70. The maximum atomic E-state index is 9.97. The fourth-order valence-electron chi connectivity index (χ4n) is 0.0989. The van der Waals surface area contributed by atoms with Crippen LogP contribution in [0.25, 0.3) is 0 Å². The van der Waals surface area contributed by atoms with Crippen LogP contribution in [0.4, 0.5) is 0 Å². The second kappa shape index (κ2) is 3.61. The topological polar surface area (TPSA) is 49.7 Å². The SMILES string of the molecule is O=C(/C=N/O)CCl. The van der Waals surface area contributed by atoms with Crippen LogP contribution in [-0.4, -0.2) is 23.1 Å². The predicted octanol–water partition coefficient (Wildman–Crippen LogP) is 0.254. The van der Waals surface area contributed by atoms with Crippen LogP contribution in [0, 0.1) is 0 Å². The number of alkyl halides is 1. The van der Waals surface area contributed by atoms with Crippen molar-refractivity contribution < 1.29 is 10.0 Å².